The van der Waals surface area contributed by atoms with E-state index in [9.17, 15) is 9.59 Å². The summed E-state index contributed by atoms with van der Waals surface area (Å²) in [5.41, 5.74) is 4.56. The second-order valence-corrected chi connectivity index (χ2v) is 7.85. The third kappa shape index (κ3) is 1.59. The number of fused-ring (bicyclic) bond motifs is 9. The van der Waals surface area contributed by atoms with Crippen LogP contribution in [-0.2, 0) is 6.54 Å². The summed E-state index contributed by atoms with van der Waals surface area (Å²) < 4.78 is 0. The predicted octanol–water partition coefficient (Wildman–Crippen LogP) is 3.96. The van der Waals surface area contributed by atoms with Crippen LogP contribution in [0.1, 0.15) is 54.5 Å². The molecule has 2 atom stereocenters. The molecule has 0 unspecified atom stereocenters. The van der Waals surface area contributed by atoms with Gasteiger partial charge in [0.25, 0.3) is 11.8 Å². The molecule has 0 saturated carbocycles. The van der Waals surface area contributed by atoms with Crippen molar-refractivity contribution in [2.45, 2.75) is 18.8 Å². The zero-order valence-electron chi connectivity index (χ0n) is 13.8. The minimum Gasteiger partial charge on any atom is -0.309 e. The van der Waals surface area contributed by atoms with Gasteiger partial charge in [-0.1, -0.05) is 36.4 Å². The molecular weight excluding hydrogens is 344 g/mol. The number of hydrogen-bond donors (Lipinski definition) is 0. The molecule has 1 aromatic heterocycles. The van der Waals surface area contributed by atoms with Gasteiger partial charge in [-0.05, 0) is 34.7 Å². The molecule has 6 rings (SSSR count). The highest BCUT2D eigenvalue weighted by molar-refractivity contribution is 7.10. The smallest absolute Gasteiger partial charge is 0.256 e. The maximum absolute atomic E-state index is 13.4. The van der Waals surface area contributed by atoms with E-state index in [0.29, 0.717) is 12.1 Å². The van der Waals surface area contributed by atoms with Crippen LogP contribution >= 0.6 is 11.3 Å². The van der Waals surface area contributed by atoms with Crippen molar-refractivity contribution >= 4 is 23.2 Å². The molecule has 0 spiro atoms. The lowest BCUT2D eigenvalue weighted by molar-refractivity contribution is 0.0303. The van der Waals surface area contributed by atoms with Crippen LogP contribution in [0.5, 0.6) is 0 Å². The van der Waals surface area contributed by atoms with Crippen molar-refractivity contribution < 1.29 is 9.59 Å². The van der Waals surface area contributed by atoms with Crippen LogP contribution in [0.2, 0.25) is 0 Å². The maximum Gasteiger partial charge on any atom is 0.256 e. The minimum absolute atomic E-state index is 0.00588. The molecule has 4 heterocycles. The molecule has 26 heavy (non-hydrogen) atoms. The molecule has 3 aromatic rings. The summed E-state index contributed by atoms with van der Waals surface area (Å²) in [5.74, 6) is 0.0125. The van der Waals surface area contributed by atoms with Crippen molar-refractivity contribution in [1.82, 2.24) is 9.80 Å². The quantitative estimate of drug-likeness (QED) is 0.610. The molecule has 2 amide bonds. The Morgan fingerprint density at radius 1 is 0.846 bits per heavy atom. The number of amides is 2. The summed E-state index contributed by atoms with van der Waals surface area (Å²) in [6, 6.07) is 17.5. The SMILES string of the molecule is O=C1c2ccccc2[C@@H]2N1Cc1ccsc1[C@@H]1c3ccccc3C(=O)N12. The summed E-state index contributed by atoms with van der Waals surface area (Å²) in [6.45, 7) is 0.541. The van der Waals surface area contributed by atoms with Crippen molar-refractivity contribution in [1.29, 1.82) is 0 Å². The van der Waals surface area contributed by atoms with E-state index in [1.165, 1.54) is 4.88 Å². The molecule has 126 valence electrons. The Morgan fingerprint density at radius 3 is 2.35 bits per heavy atom. The third-order valence-corrected chi connectivity index (χ3v) is 6.67. The van der Waals surface area contributed by atoms with Crippen LogP contribution in [-0.4, -0.2) is 21.6 Å². The first-order valence-electron chi connectivity index (χ1n) is 8.63. The fourth-order valence-electron chi connectivity index (χ4n) is 4.57. The van der Waals surface area contributed by atoms with Crippen LogP contribution in [0.3, 0.4) is 0 Å². The van der Waals surface area contributed by atoms with Gasteiger partial charge >= 0.3 is 0 Å². The summed E-state index contributed by atoms with van der Waals surface area (Å²) in [6.07, 6.45) is -0.344. The Morgan fingerprint density at radius 2 is 1.54 bits per heavy atom. The van der Waals surface area contributed by atoms with Gasteiger partial charge in [-0.15, -0.1) is 11.3 Å². The topological polar surface area (TPSA) is 40.6 Å². The van der Waals surface area contributed by atoms with Crippen molar-refractivity contribution in [3.63, 3.8) is 0 Å². The first-order valence-corrected chi connectivity index (χ1v) is 9.51. The summed E-state index contributed by atoms with van der Waals surface area (Å²) in [7, 11) is 0. The van der Waals surface area contributed by atoms with E-state index in [1.54, 1.807) is 11.3 Å². The number of carbonyl (C=O) groups is 2. The Balaban J connectivity index is 1.65. The molecule has 3 aliphatic heterocycles. The molecule has 5 heteroatoms. The highest BCUT2D eigenvalue weighted by atomic mass is 32.1. The molecule has 0 fully saturated rings. The van der Waals surface area contributed by atoms with Crippen molar-refractivity contribution in [2.75, 3.05) is 0 Å². The molecular formula is C21H14N2O2S. The summed E-state index contributed by atoms with van der Waals surface area (Å²) in [4.78, 5) is 31.4. The predicted molar refractivity (Wildman–Crippen MR) is 97.8 cm³/mol. The van der Waals surface area contributed by atoms with Gasteiger partial charge in [-0.25, -0.2) is 0 Å². The molecule has 4 nitrogen and oxygen atoms in total. The van der Waals surface area contributed by atoms with Gasteiger partial charge in [0.05, 0.1) is 6.04 Å². The van der Waals surface area contributed by atoms with Gasteiger partial charge in [0, 0.05) is 28.1 Å². The second-order valence-electron chi connectivity index (χ2n) is 6.91. The van der Waals surface area contributed by atoms with Crippen LogP contribution in [0.25, 0.3) is 0 Å². The van der Waals surface area contributed by atoms with E-state index < -0.39 is 0 Å². The Kier molecular flexibility index (Phi) is 2.65. The molecule has 0 radical (unpaired) electrons. The number of benzene rings is 2. The van der Waals surface area contributed by atoms with E-state index in [-0.39, 0.29) is 24.0 Å². The van der Waals surface area contributed by atoms with E-state index in [4.69, 9.17) is 0 Å². The highest BCUT2D eigenvalue weighted by Gasteiger charge is 2.51. The lowest BCUT2D eigenvalue weighted by Gasteiger charge is -2.33. The fourth-order valence-corrected chi connectivity index (χ4v) is 5.60. The number of carbonyl (C=O) groups excluding carboxylic acids is 2. The standard InChI is InChI=1S/C21H14N2O2S/c24-20-16-8-4-2-6-14(16)19-22(20)11-12-9-10-26-18(12)17-13-5-1-3-7-15(13)21(25)23(17)19/h1-10,17,19H,11H2/t17-,19+/m0/s1. The van der Waals surface area contributed by atoms with E-state index >= 15 is 0 Å². The molecule has 2 aromatic carbocycles. The average molecular weight is 358 g/mol. The number of hydrogen-bond acceptors (Lipinski definition) is 3. The highest BCUT2D eigenvalue weighted by Crippen LogP contribution is 2.52. The average Bonchev–Trinajstić information content (AvgIpc) is 3.28. The largest absolute Gasteiger partial charge is 0.309 e. The first-order chi connectivity index (χ1) is 12.8. The Labute approximate surface area is 154 Å². The van der Waals surface area contributed by atoms with Crippen molar-refractivity contribution in [3.8, 4) is 0 Å². The lowest BCUT2D eigenvalue weighted by Crippen LogP contribution is -2.39. The van der Waals surface area contributed by atoms with Crippen molar-refractivity contribution in [3.05, 3.63) is 92.7 Å². The van der Waals surface area contributed by atoms with Crippen molar-refractivity contribution in [2.24, 2.45) is 0 Å². The fraction of sp³-hybridized carbons (Fsp3) is 0.143. The van der Waals surface area contributed by atoms with Gasteiger partial charge in [0.2, 0.25) is 0 Å². The van der Waals surface area contributed by atoms with E-state index in [0.717, 1.165) is 22.3 Å². The number of rotatable bonds is 0. The third-order valence-electron chi connectivity index (χ3n) is 5.66. The number of thiophene rings is 1. The Hall–Kier alpha value is -2.92. The monoisotopic (exact) mass is 358 g/mol. The summed E-state index contributed by atoms with van der Waals surface area (Å²) in [5, 5.41) is 2.06. The van der Waals surface area contributed by atoms with E-state index in [1.807, 2.05) is 58.3 Å². The molecule has 0 aliphatic carbocycles. The van der Waals surface area contributed by atoms with Crippen LogP contribution in [0, 0.1) is 0 Å². The first kappa shape index (κ1) is 14.3. The van der Waals surface area contributed by atoms with Crippen LogP contribution < -0.4 is 0 Å². The van der Waals surface area contributed by atoms with Gasteiger partial charge in [-0.2, -0.15) is 0 Å². The zero-order chi connectivity index (χ0) is 17.4. The van der Waals surface area contributed by atoms with Gasteiger partial charge < -0.3 is 9.80 Å². The maximum atomic E-state index is 13.4. The second kappa shape index (κ2) is 4.83. The lowest BCUT2D eigenvalue weighted by atomic mass is 10.0. The van der Waals surface area contributed by atoms with Crippen LogP contribution in [0.4, 0.5) is 0 Å². The Bertz CT molecular complexity index is 1100. The summed E-state index contributed by atoms with van der Waals surface area (Å²) >= 11 is 1.67. The zero-order valence-corrected chi connectivity index (χ0v) is 14.6. The number of nitrogens with zero attached hydrogens (tertiary/aromatic N) is 2. The van der Waals surface area contributed by atoms with Gasteiger partial charge in [0.15, 0.2) is 0 Å². The van der Waals surface area contributed by atoms with E-state index in [2.05, 4.69) is 11.4 Å². The molecule has 3 aliphatic rings. The molecule has 0 bridgehead atoms. The van der Waals surface area contributed by atoms with Gasteiger partial charge in [-0.3, -0.25) is 9.59 Å². The minimum atomic E-state index is -0.344. The molecule has 0 saturated heterocycles. The normalized spacial score (nSPS) is 22.5. The van der Waals surface area contributed by atoms with Gasteiger partial charge in [0.1, 0.15) is 6.17 Å². The van der Waals surface area contributed by atoms with Crippen LogP contribution in [0.15, 0.2) is 60.0 Å². The molecule has 0 N–H and O–H groups in total.